The first-order valence-electron chi connectivity index (χ1n) is 13.0. The van der Waals surface area contributed by atoms with Gasteiger partial charge < -0.3 is 30.4 Å². The number of H-pyrrole nitrogens is 1. The molecule has 202 valence electrons. The predicted octanol–water partition coefficient (Wildman–Crippen LogP) is 3.24. The summed E-state index contributed by atoms with van der Waals surface area (Å²) < 4.78 is 11.1. The number of ether oxygens (including phenoxy) is 2. The van der Waals surface area contributed by atoms with Crippen LogP contribution in [0.4, 0.5) is 0 Å². The second-order valence-corrected chi connectivity index (χ2v) is 9.73. The fraction of sp³-hybridized carbons (Fsp3) is 0.414. The van der Waals surface area contributed by atoms with Crippen LogP contribution in [0.5, 0.6) is 11.5 Å². The Labute approximate surface area is 222 Å². The summed E-state index contributed by atoms with van der Waals surface area (Å²) in [5.41, 5.74) is 5.59. The third-order valence-electron chi connectivity index (χ3n) is 6.98. The van der Waals surface area contributed by atoms with Gasteiger partial charge in [0, 0.05) is 29.2 Å². The van der Waals surface area contributed by atoms with Crippen LogP contribution in [0, 0.1) is 20.8 Å². The number of hydrogen-bond donors (Lipinski definition) is 4. The number of benzene rings is 2. The zero-order valence-electron chi connectivity index (χ0n) is 22.5. The van der Waals surface area contributed by atoms with Crippen molar-refractivity contribution in [2.45, 2.75) is 52.5 Å². The third-order valence-corrected chi connectivity index (χ3v) is 6.98. The molecule has 0 unspecified atom stereocenters. The third kappa shape index (κ3) is 6.10. The molecule has 2 aromatic carbocycles. The molecule has 3 amide bonds. The van der Waals surface area contributed by atoms with Gasteiger partial charge in [0.05, 0.1) is 25.6 Å². The number of hydrogen-bond acceptors (Lipinski definition) is 5. The maximum absolute atomic E-state index is 13.1. The van der Waals surface area contributed by atoms with Gasteiger partial charge in [-0.15, -0.1) is 0 Å². The molecule has 4 N–H and O–H groups in total. The highest BCUT2D eigenvalue weighted by Gasteiger charge is 2.23. The first kappa shape index (κ1) is 27.0. The number of aryl methyl sites for hydroxylation is 3. The van der Waals surface area contributed by atoms with E-state index in [2.05, 4.69) is 33.1 Å². The largest absolute Gasteiger partial charge is 0.497 e. The standard InChI is InChI=1S/C29H36N4O5/c1-17-8-9-18(2)27-26(17)22(19(3)32-27)16-25(34)33-23-7-5-6-12-30-28(35)21-11-10-20(37-4)15-24(21)38-14-13-31-29(23)36/h8-11,15,23,32H,5-7,12-14,16H2,1-4H3,(H,30,35)(H,31,36)(H,33,34)/t23-/m0/s1. The number of nitrogens with one attached hydrogen (secondary N) is 4. The average Bonchev–Trinajstić information content (AvgIpc) is 3.23. The van der Waals surface area contributed by atoms with Crippen LogP contribution >= 0.6 is 0 Å². The molecule has 0 radical (unpaired) electrons. The zero-order chi connectivity index (χ0) is 27.2. The minimum atomic E-state index is -0.679. The van der Waals surface area contributed by atoms with Crippen LogP contribution in [-0.4, -0.2) is 55.6 Å². The van der Waals surface area contributed by atoms with Crippen LogP contribution in [0.2, 0.25) is 0 Å². The van der Waals surface area contributed by atoms with Crippen LogP contribution in [0.15, 0.2) is 30.3 Å². The number of amides is 3. The molecule has 0 saturated carbocycles. The highest BCUT2D eigenvalue weighted by Crippen LogP contribution is 2.28. The Kier molecular flexibility index (Phi) is 8.55. The molecule has 0 aliphatic carbocycles. The monoisotopic (exact) mass is 520 g/mol. The van der Waals surface area contributed by atoms with E-state index in [4.69, 9.17) is 9.47 Å². The minimum absolute atomic E-state index is 0.160. The molecule has 9 nitrogen and oxygen atoms in total. The van der Waals surface area contributed by atoms with Gasteiger partial charge in [-0.1, -0.05) is 12.1 Å². The van der Waals surface area contributed by atoms with Gasteiger partial charge in [-0.25, -0.2) is 0 Å². The van der Waals surface area contributed by atoms with E-state index in [1.54, 1.807) is 25.3 Å². The number of aromatic nitrogens is 1. The molecule has 2 heterocycles. The van der Waals surface area contributed by atoms with Crippen molar-refractivity contribution in [2.75, 3.05) is 26.8 Å². The highest BCUT2D eigenvalue weighted by atomic mass is 16.5. The topological polar surface area (TPSA) is 122 Å². The van der Waals surface area contributed by atoms with Crippen molar-refractivity contribution in [3.8, 4) is 11.5 Å². The zero-order valence-corrected chi connectivity index (χ0v) is 22.5. The lowest BCUT2D eigenvalue weighted by molar-refractivity contribution is -0.129. The second-order valence-electron chi connectivity index (χ2n) is 9.73. The quantitative estimate of drug-likeness (QED) is 0.421. The lowest BCUT2D eigenvalue weighted by Crippen LogP contribution is -2.48. The fourth-order valence-corrected chi connectivity index (χ4v) is 4.87. The van der Waals surface area contributed by atoms with Crippen LogP contribution < -0.4 is 25.4 Å². The van der Waals surface area contributed by atoms with E-state index in [0.717, 1.165) is 33.3 Å². The summed E-state index contributed by atoms with van der Waals surface area (Å²) >= 11 is 0. The Morgan fingerprint density at radius 1 is 1.05 bits per heavy atom. The van der Waals surface area contributed by atoms with Crippen LogP contribution in [0.3, 0.4) is 0 Å². The Morgan fingerprint density at radius 2 is 1.84 bits per heavy atom. The van der Waals surface area contributed by atoms with E-state index in [9.17, 15) is 14.4 Å². The van der Waals surface area contributed by atoms with E-state index in [-0.39, 0.29) is 37.3 Å². The number of methoxy groups -OCH3 is 1. The van der Waals surface area contributed by atoms with Crippen molar-refractivity contribution >= 4 is 28.6 Å². The van der Waals surface area contributed by atoms with Crippen molar-refractivity contribution in [1.29, 1.82) is 0 Å². The molecule has 0 fully saturated rings. The highest BCUT2D eigenvalue weighted by molar-refractivity contribution is 5.97. The van der Waals surface area contributed by atoms with Gasteiger partial charge in [0.2, 0.25) is 11.8 Å². The summed E-state index contributed by atoms with van der Waals surface area (Å²) in [6.07, 6.45) is 1.97. The normalized spacial score (nSPS) is 17.0. The molecular weight excluding hydrogens is 484 g/mol. The van der Waals surface area contributed by atoms with Crippen molar-refractivity contribution in [1.82, 2.24) is 20.9 Å². The molecule has 1 aliphatic heterocycles. The summed E-state index contributed by atoms with van der Waals surface area (Å²) in [5, 5.41) is 9.78. The molecule has 1 aliphatic rings. The number of rotatable bonds is 4. The first-order valence-corrected chi connectivity index (χ1v) is 13.0. The van der Waals surface area contributed by atoms with E-state index >= 15 is 0 Å². The number of aromatic amines is 1. The minimum Gasteiger partial charge on any atom is -0.497 e. The molecule has 38 heavy (non-hydrogen) atoms. The molecule has 3 aromatic rings. The van der Waals surface area contributed by atoms with Gasteiger partial charge in [0.1, 0.15) is 24.1 Å². The van der Waals surface area contributed by atoms with Gasteiger partial charge in [0.15, 0.2) is 0 Å². The van der Waals surface area contributed by atoms with Crippen LogP contribution in [-0.2, 0) is 16.0 Å². The Balaban J connectivity index is 1.44. The molecule has 9 heteroatoms. The van der Waals surface area contributed by atoms with E-state index in [1.165, 1.54) is 0 Å². The van der Waals surface area contributed by atoms with Gasteiger partial charge in [-0.2, -0.15) is 0 Å². The second kappa shape index (κ2) is 12.0. The first-order chi connectivity index (χ1) is 18.3. The van der Waals surface area contributed by atoms with Crippen LogP contribution in [0.1, 0.15) is 52.0 Å². The lowest BCUT2D eigenvalue weighted by Gasteiger charge is -2.20. The summed E-state index contributed by atoms with van der Waals surface area (Å²) in [6.45, 7) is 6.88. The summed E-state index contributed by atoms with van der Waals surface area (Å²) in [5.74, 6) is 0.268. The van der Waals surface area contributed by atoms with E-state index in [0.29, 0.717) is 42.9 Å². The molecule has 0 bridgehead atoms. The number of carbonyl (C=O) groups excluding carboxylic acids is 3. The smallest absolute Gasteiger partial charge is 0.255 e. The van der Waals surface area contributed by atoms with Gasteiger partial charge in [-0.3, -0.25) is 14.4 Å². The van der Waals surface area contributed by atoms with Gasteiger partial charge >= 0.3 is 0 Å². The van der Waals surface area contributed by atoms with Crippen molar-refractivity contribution < 1.29 is 23.9 Å². The molecular formula is C29H36N4O5. The van der Waals surface area contributed by atoms with Crippen molar-refractivity contribution in [3.63, 3.8) is 0 Å². The summed E-state index contributed by atoms with van der Waals surface area (Å²) in [6, 6.07) is 8.48. The SMILES string of the molecule is COc1ccc2c(c1)OCCNC(=O)[C@@H](NC(=O)Cc1c(C)[nH]c3c(C)ccc(C)c13)CCCCNC2=O. The molecule has 1 aromatic heterocycles. The average molecular weight is 521 g/mol. The Bertz CT molecular complexity index is 1350. The van der Waals surface area contributed by atoms with Crippen molar-refractivity contribution in [3.05, 3.63) is 58.3 Å². The predicted molar refractivity (Wildman–Crippen MR) is 146 cm³/mol. The summed E-state index contributed by atoms with van der Waals surface area (Å²) in [7, 11) is 1.54. The van der Waals surface area contributed by atoms with Gasteiger partial charge in [-0.05, 0) is 68.9 Å². The summed E-state index contributed by atoms with van der Waals surface area (Å²) in [4.78, 5) is 42.3. The maximum atomic E-state index is 13.1. The molecule has 4 rings (SSSR count). The fourth-order valence-electron chi connectivity index (χ4n) is 4.87. The molecule has 0 saturated heterocycles. The maximum Gasteiger partial charge on any atom is 0.255 e. The number of carbonyl (C=O) groups is 3. The Hall–Kier alpha value is -4.01. The van der Waals surface area contributed by atoms with Gasteiger partial charge in [0.25, 0.3) is 5.91 Å². The molecule has 1 atom stereocenters. The van der Waals surface area contributed by atoms with E-state index in [1.807, 2.05) is 20.8 Å². The van der Waals surface area contributed by atoms with Crippen molar-refractivity contribution in [2.24, 2.45) is 0 Å². The molecule has 0 spiro atoms. The lowest BCUT2D eigenvalue weighted by atomic mass is 10.0. The number of fused-ring (bicyclic) bond motifs is 2. The van der Waals surface area contributed by atoms with E-state index < -0.39 is 6.04 Å². The van der Waals surface area contributed by atoms with Crippen LogP contribution in [0.25, 0.3) is 10.9 Å². The Morgan fingerprint density at radius 3 is 2.63 bits per heavy atom.